The average molecular weight is 413 g/mol. The minimum Gasteiger partial charge on any atom is -0.493 e. The van der Waals surface area contributed by atoms with Gasteiger partial charge in [-0.05, 0) is 49.2 Å². The molecule has 0 saturated carbocycles. The van der Waals surface area contributed by atoms with Crippen molar-refractivity contribution in [2.75, 3.05) is 19.7 Å². The van der Waals surface area contributed by atoms with Gasteiger partial charge in [-0.25, -0.2) is 0 Å². The number of hydrogen-bond acceptors (Lipinski definition) is 5. The number of ether oxygens (including phenoxy) is 1. The molecule has 1 aliphatic heterocycles. The van der Waals surface area contributed by atoms with E-state index in [1.165, 1.54) is 0 Å². The van der Waals surface area contributed by atoms with E-state index < -0.39 is 11.8 Å². The maximum absolute atomic E-state index is 11.2. The summed E-state index contributed by atoms with van der Waals surface area (Å²) in [6, 6.07) is 17.1. The van der Waals surface area contributed by atoms with E-state index in [0.717, 1.165) is 22.2 Å². The number of aliphatic hydroxyl groups is 2. The van der Waals surface area contributed by atoms with Crippen LogP contribution in [0, 0.1) is 0 Å². The fourth-order valence-corrected chi connectivity index (χ4v) is 3.93. The molecule has 0 amide bonds. The quantitative estimate of drug-likeness (QED) is 0.641. The number of nitrogens with zero attached hydrogens (tertiary/aromatic N) is 2. The number of aliphatic hydroxyl groups excluding tert-OH is 1. The Morgan fingerprint density at radius 1 is 1.10 bits per heavy atom. The van der Waals surface area contributed by atoms with Gasteiger partial charge < -0.3 is 14.9 Å². The molecule has 1 aromatic heterocycles. The van der Waals surface area contributed by atoms with Gasteiger partial charge in [-0.15, -0.1) is 0 Å². The molecule has 1 saturated heterocycles. The number of fused-ring (bicyclic) bond motifs is 1. The molecule has 2 heterocycles. The van der Waals surface area contributed by atoms with Gasteiger partial charge in [0.05, 0.1) is 17.7 Å². The molecule has 6 heteroatoms. The molecule has 0 bridgehead atoms. The maximum atomic E-state index is 11.2. The van der Waals surface area contributed by atoms with E-state index in [1.807, 2.05) is 47.4 Å². The van der Waals surface area contributed by atoms with E-state index in [9.17, 15) is 10.2 Å². The van der Waals surface area contributed by atoms with Crippen LogP contribution >= 0.6 is 11.6 Å². The summed E-state index contributed by atoms with van der Waals surface area (Å²) in [6.45, 7) is 1.65. The van der Waals surface area contributed by atoms with E-state index in [1.54, 1.807) is 18.3 Å². The molecule has 29 heavy (non-hydrogen) atoms. The second-order valence-electron chi connectivity index (χ2n) is 7.56. The molecule has 0 radical (unpaired) electrons. The number of aromatic nitrogens is 1. The van der Waals surface area contributed by atoms with E-state index in [0.29, 0.717) is 44.0 Å². The summed E-state index contributed by atoms with van der Waals surface area (Å²) in [5.41, 5.74) is 0.859. The zero-order chi connectivity index (χ0) is 20.3. The number of piperidine rings is 1. The van der Waals surface area contributed by atoms with Crippen LogP contribution in [0.3, 0.4) is 0 Å². The topological polar surface area (TPSA) is 65.8 Å². The van der Waals surface area contributed by atoms with Gasteiger partial charge in [0, 0.05) is 41.7 Å². The van der Waals surface area contributed by atoms with Gasteiger partial charge in [0.15, 0.2) is 0 Å². The van der Waals surface area contributed by atoms with Crippen LogP contribution in [0.25, 0.3) is 10.9 Å². The predicted molar refractivity (Wildman–Crippen MR) is 114 cm³/mol. The molecule has 2 N–H and O–H groups in total. The molecular formula is C23H25ClN2O3. The summed E-state index contributed by atoms with van der Waals surface area (Å²) < 4.78 is 5.67. The predicted octanol–water partition coefficient (Wildman–Crippen LogP) is 3.96. The molecule has 1 fully saturated rings. The van der Waals surface area contributed by atoms with Gasteiger partial charge in [-0.3, -0.25) is 9.88 Å². The van der Waals surface area contributed by atoms with Crippen LogP contribution in [-0.2, 0) is 5.60 Å². The van der Waals surface area contributed by atoms with Crippen LogP contribution in [0.4, 0.5) is 0 Å². The van der Waals surface area contributed by atoms with Crippen LogP contribution < -0.4 is 4.74 Å². The number of likely N-dealkylation sites (tertiary alicyclic amines) is 1. The van der Waals surface area contributed by atoms with Gasteiger partial charge in [0.25, 0.3) is 0 Å². The highest BCUT2D eigenvalue weighted by atomic mass is 35.5. The number of pyridine rings is 1. The maximum Gasteiger partial charge on any atom is 0.119 e. The SMILES string of the molecule is O[C@@H](CCOc1ccc(Cl)cc1)N1CCC(O)(c2cnc3ccccc3c2)CC1. The van der Waals surface area contributed by atoms with Gasteiger partial charge >= 0.3 is 0 Å². The lowest BCUT2D eigenvalue weighted by Crippen LogP contribution is -2.47. The van der Waals surface area contributed by atoms with Crippen LogP contribution in [-0.4, -0.2) is 46.0 Å². The highest BCUT2D eigenvalue weighted by molar-refractivity contribution is 6.30. The second-order valence-corrected chi connectivity index (χ2v) is 7.99. The third-order valence-corrected chi connectivity index (χ3v) is 5.88. The lowest BCUT2D eigenvalue weighted by Gasteiger charge is -2.40. The molecule has 1 atom stereocenters. The third kappa shape index (κ3) is 4.70. The first-order valence-corrected chi connectivity index (χ1v) is 10.3. The number of hydrogen-bond donors (Lipinski definition) is 2. The fourth-order valence-electron chi connectivity index (χ4n) is 3.80. The van der Waals surface area contributed by atoms with E-state index in [-0.39, 0.29) is 0 Å². The monoisotopic (exact) mass is 412 g/mol. The van der Waals surface area contributed by atoms with Gasteiger partial charge in [0.2, 0.25) is 0 Å². The minimum absolute atomic E-state index is 0.415. The largest absolute Gasteiger partial charge is 0.493 e. The van der Waals surface area contributed by atoms with E-state index >= 15 is 0 Å². The first-order chi connectivity index (χ1) is 14.0. The highest BCUT2D eigenvalue weighted by Crippen LogP contribution is 2.34. The Hall–Kier alpha value is -2.18. The first-order valence-electron chi connectivity index (χ1n) is 9.92. The molecule has 0 unspecified atom stereocenters. The fraction of sp³-hybridized carbons (Fsp3) is 0.348. The molecule has 5 nitrogen and oxygen atoms in total. The minimum atomic E-state index is -0.910. The molecule has 4 rings (SSSR count). The summed E-state index contributed by atoms with van der Waals surface area (Å²) in [5.74, 6) is 0.735. The van der Waals surface area contributed by atoms with Crippen molar-refractivity contribution < 1.29 is 14.9 Å². The van der Waals surface area contributed by atoms with E-state index in [4.69, 9.17) is 16.3 Å². The molecule has 0 spiro atoms. The standard InChI is InChI=1S/C23H25ClN2O3/c24-19-5-7-20(8-6-19)29-14-9-22(27)26-12-10-23(28,11-13-26)18-15-17-3-1-2-4-21(17)25-16-18/h1-8,15-16,22,27-28H,9-14H2/t22-/m0/s1. The zero-order valence-electron chi connectivity index (χ0n) is 16.2. The van der Waals surface area contributed by atoms with Crippen molar-refractivity contribution >= 4 is 22.5 Å². The van der Waals surface area contributed by atoms with Gasteiger partial charge in [0.1, 0.15) is 12.0 Å². The number of para-hydroxylation sites is 1. The lowest BCUT2D eigenvalue weighted by molar-refractivity contribution is -0.0819. The Kier molecular flexibility index (Phi) is 6.01. The summed E-state index contributed by atoms with van der Waals surface area (Å²) in [7, 11) is 0. The Morgan fingerprint density at radius 3 is 2.59 bits per heavy atom. The normalized spacial score (nSPS) is 17.9. The third-order valence-electron chi connectivity index (χ3n) is 5.63. The van der Waals surface area contributed by atoms with Crippen molar-refractivity contribution in [3.63, 3.8) is 0 Å². The van der Waals surface area contributed by atoms with Crippen molar-refractivity contribution in [1.29, 1.82) is 0 Å². The van der Waals surface area contributed by atoms with Gasteiger partial charge in [-0.1, -0.05) is 29.8 Å². The van der Waals surface area contributed by atoms with Crippen molar-refractivity contribution in [3.05, 3.63) is 71.4 Å². The smallest absolute Gasteiger partial charge is 0.119 e. The molecule has 2 aromatic carbocycles. The molecule has 0 aliphatic carbocycles. The van der Waals surface area contributed by atoms with Crippen molar-refractivity contribution in [2.45, 2.75) is 31.1 Å². The van der Waals surface area contributed by atoms with Crippen LogP contribution in [0.1, 0.15) is 24.8 Å². The average Bonchev–Trinajstić information content (AvgIpc) is 2.75. The number of halogens is 1. The molecule has 1 aliphatic rings. The van der Waals surface area contributed by atoms with E-state index in [2.05, 4.69) is 4.98 Å². The number of rotatable bonds is 6. The van der Waals surface area contributed by atoms with Crippen LogP contribution in [0.15, 0.2) is 60.8 Å². The van der Waals surface area contributed by atoms with Crippen molar-refractivity contribution in [1.82, 2.24) is 9.88 Å². The van der Waals surface area contributed by atoms with Crippen LogP contribution in [0.5, 0.6) is 5.75 Å². The Morgan fingerprint density at radius 2 is 1.83 bits per heavy atom. The lowest BCUT2D eigenvalue weighted by atomic mass is 9.84. The Labute approximate surface area is 175 Å². The highest BCUT2D eigenvalue weighted by Gasteiger charge is 2.36. The van der Waals surface area contributed by atoms with Gasteiger partial charge in [-0.2, -0.15) is 0 Å². The zero-order valence-corrected chi connectivity index (χ0v) is 16.9. The summed E-state index contributed by atoms with van der Waals surface area (Å²) in [5, 5.41) is 23.4. The molecule has 152 valence electrons. The first kappa shape index (κ1) is 20.1. The Bertz CT molecular complexity index is 956. The van der Waals surface area contributed by atoms with Crippen molar-refractivity contribution in [3.8, 4) is 5.75 Å². The molecule has 3 aromatic rings. The number of benzene rings is 2. The molecular weight excluding hydrogens is 388 g/mol. The summed E-state index contributed by atoms with van der Waals surface area (Å²) in [6.07, 6.45) is 2.79. The summed E-state index contributed by atoms with van der Waals surface area (Å²) >= 11 is 5.87. The summed E-state index contributed by atoms with van der Waals surface area (Å²) in [4.78, 5) is 6.48. The van der Waals surface area contributed by atoms with Crippen molar-refractivity contribution in [2.24, 2.45) is 0 Å². The second kappa shape index (κ2) is 8.67. The van der Waals surface area contributed by atoms with Crippen LogP contribution in [0.2, 0.25) is 5.02 Å². The Balaban J connectivity index is 1.31.